The Morgan fingerprint density at radius 3 is 1.74 bits per heavy atom. The van der Waals surface area contributed by atoms with Gasteiger partial charge in [0.2, 0.25) is 0 Å². The Kier molecular flexibility index (Phi) is 9.88. The highest BCUT2D eigenvalue weighted by atomic mass is 28.3. The lowest BCUT2D eigenvalue weighted by Gasteiger charge is -2.55. The molecule has 0 fully saturated rings. The van der Waals surface area contributed by atoms with Crippen LogP contribution in [0.25, 0.3) is 0 Å². The van der Waals surface area contributed by atoms with Crippen LogP contribution in [0.5, 0.6) is 0 Å². The van der Waals surface area contributed by atoms with Gasteiger partial charge in [0.15, 0.2) is 8.24 Å². The molecule has 0 heterocycles. The van der Waals surface area contributed by atoms with E-state index in [1.807, 2.05) is 13.8 Å². The molecule has 0 aliphatic rings. The molecule has 0 aliphatic heterocycles. The first-order valence-corrected chi connectivity index (χ1v) is 18.1. The largest absolute Gasteiger partial charge is 0.336 e. The molecule has 7 N–H and O–H groups in total. The molecule has 0 aromatic heterocycles. The average molecular weight is 488 g/mol. The fourth-order valence-corrected chi connectivity index (χ4v) is 12.0. The van der Waals surface area contributed by atoms with Crippen LogP contribution in [-0.2, 0) is 0 Å². The summed E-state index contributed by atoms with van der Waals surface area (Å²) in [5, 5.41) is 0.169. The molecule has 0 spiro atoms. The summed E-state index contributed by atoms with van der Waals surface area (Å²) in [4.78, 5) is 11.8. The van der Waals surface area contributed by atoms with Gasteiger partial charge in [-0.3, -0.25) is 0 Å². The monoisotopic (exact) mass is 487 g/mol. The van der Waals surface area contributed by atoms with Gasteiger partial charge in [0.05, 0.1) is 5.66 Å². The first-order chi connectivity index (χ1) is 13.3. The number of rotatable bonds is 13. The molecule has 0 aliphatic carbocycles. The first-order valence-electron chi connectivity index (χ1n) is 11.8. The van der Waals surface area contributed by atoms with Crippen molar-refractivity contribution in [2.75, 3.05) is 0 Å². The van der Waals surface area contributed by atoms with Crippen molar-refractivity contribution >= 4 is 26.9 Å². The third-order valence-corrected chi connectivity index (χ3v) is 18.5. The molecule has 31 heavy (non-hydrogen) atoms. The van der Waals surface area contributed by atoms with Crippen LogP contribution in [0.1, 0.15) is 89.5 Å². The fraction of sp³-hybridized carbons (Fsp3) is 0.913. The Balaban J connectivity index is 5.61. The van der Waals surface area contributed by atoms with Gasteiger partial charge in [-0.1, -0.05) is 46.5 Å². The van der Waals surface area contributed by atoms with Crippen molar-refractivity contribution in [1.82, 2.24) is 14.9 Å². The quantitative estimate of drug-likeness (QED) is 0.203. The van der Waals surface area contributed by atoms with Crippen molar-refractivity contribution in [3.05, 3.63) is 12.3 Å². The second kappa shape index (κ2) is 9.82. The Bertz CT molecular complexity index is 603. The smallest absolute Gasteiger partial charge is 0.155 e. The molecule has 0 aromatic rings. The lowest BCUT2D eigenvalue weighted by atomic mass is 9.90. The minimum atomic E-state index is -2.10. The molecular weight excluding hydrogens is 431 g/mol. The summed E-state index contributed by atoms with van der Waals surface area (Å²) in [7, 11) is -3.96. The lowest BCUT2D eigenvalue weighted by molar-refractivity contribution is 0.317. The van der Waals surface area contributed by atoms with E-state index in [0.717, 1.165) is 6.42 Å². The summed E-state index contributed by atoms with van der Waals surface area (Å²) >= 11 is 0. The Hall–Kier alpha value is 0.191. The van der Waals surface area contributed by atoms with E-state index in [2.05, 4.69) is 110 Å². The molecule has 0 saturated carbocycles. The van der Waals surface area contributed by atoms with E-state index in [4.69, 9.17) is 11.5 Å². The highest BCUT2D eigenvalue weighted by molar-refractivity contribution is 6.84. The molecule has 0 aromatic carbocycles. The number of nitrogens with one attached hydrogen (secondary N) is 3. The molecule has 0 bridgehead atoms. The van der Waals surface area contributed by atoms with Crippen LogP contribution >= 0.6 is 0 Å². The van der Waals surface area contributed by atoms with E-state index >= 15 is 0 Å². The van der Waals surface area contributed by atoms with E-state index in [1.165, 1.54) is 0 Å². The van der Waals surface area contributed by atoms with Crippen LogP contribution in [0.4, 0.5) is 0 Å². The van der Waals surface area contributed by atoms with Crippen molar-refractivity contribution in [2.45, 2.75) is 135 Å². The summed E-state index contributed by atoms with van der Waals surface area (Å²) in [6, 6.07) is 0. The van der Waals surface area contributed by atoms with Crippen molar-refractivity contribution in [3.8, 4) is 0 Å². The van der Waals surface area contributed by atoms with Crippen LogP contribution in [0.15, 0.2) is 12.3 Å². The Morgan fingerprint density at radius 2 is 1.39 bits per heavy atom. The maximum absolute atomic E-state index is 6.39. The lowest BCUT2D eigenvalue weighted by Crippen LogP contribution is -2.72. The predicted octanol–water partition coefficient (Wildman–Crippen LogP) is 3.39. The van der Waals surface area contributed by atoms with Gasteiger partial charge in [-0.2, -0.15) is 0 Å². The summed E-state index contributed by atoms with van der Waals surface area (Å²) < 4.78 is 0. The van der Waals surface area contributed by atoms with Crippen LogP contribution < -0.4 is 26.4 Å². The molecule has 8 heteroatoms. The maximum atomic E-state index is 6.39. The number of nitrogens with two attached hydrogens (primary N) is 2. The topological polar surface area (TPSA) is 88.1 Å². The van der Waals surface area contributed by atoms with Crippen molar-refractivity contribution in [2.24, 2.45) is 11.5 Å². The van der Waals surface area contributed by atoms with E-state index in [-0.39, 0.29) is 26.3 Å². The van der Waals surface area contributed by atoms with Gasteiger partial charge in [-0.25, -0.2) is 0 Å². The van der Waals surface area contributed by atoms with Gasteiger partial charge in [0, 0.05) is 16.2 Å². The van der Waals surface area contributed by atoms with E-state index in [1.54, 1.807) is 0 Å². The minimum Gasteiger partial charge on any atom is -0.336 e. The van der Waals surface area contributed by atoms with E-state index in [9.17, 15) is 0 Å². The van der Waals surface area contributed by atoms with Crippen molar-refractivity contribution in [3.63, 3.8) is 0 Å². The summed E-state index contributed by atoms with van der Waals surface area (Å²) in [6.07, 6.45) is 1.13. The number of hydrogen-bond donors (Lipinski definition) is 5. The molecule has 0 saturated heterocycles. The molecule has 5 nitrogen and oxygen atoms in total. The second-order valence-electron chi connectivity index (χ2n) is 13.8. The molecule has 2 atom stereocenters. The van der Waals surface area contributed by atoms with Gasteiger partial charge in [0.25, 0.3) is 0 Å². The molecular formula is C23H57N5Si3. The zero-order valence-corrected chi connectivity index (χ0v) is 27.0. The molecule has 0 rings (SSSR count). The van der Waals surface area contributed by atoms with Crippen molar-refractivity contribution < 1.29 is 0 Å². The average Bonchev–Trinajstić information content (AvgIpc) is 2.49. The normalized spacial score (nSPS) is 18.3. The zero-order chi connectivity index (χ0) is 25.3. The third kappa shape index (κ3) is 9.16. The third-order valence-electron chi connectivity index (χ3n) is 7.52. The second-order valence-corrected chi connectivity index (χ2v) is 23.9. The highest BCUT2D eigenvalue weighted by Gasteiger charge is 2.53. The first kappa shape index (κ1) is 31.2. The van der Waals surface area contributed by atoms with Gasteiger partial charge < -0.3 is 26.4 Å². The Labute approximate surface area is 200 Å². The summed E-state index contributed by atoms with van der Waals surface area (Å²) in [6.45, 7) is 36.4. The van der Waals surface area contributed by atoms with E-state index < -0.39 is 32.5 Å². The maximum Gasteiger partial charge on any atom is 0.155 e. The van der Waals surface area contributed by atoms with Crippen LogP contribution in [-0.4, -0.2) is 48.8 Å². The molecule has 2 unspecified atom stereocenters. The zero-order valence-electron chi connectivity index (χ0n) is 23.4. The Morgan fingerprint density at radius 1 is 0.935 bits per heavy atom. The SMILES string of the molecule is C=C[Si](C)(NC(C)(C)N)C(C)(C)C(C)(C)N[SiH](C)C(C)(C)CC(C)(C)N[SiH2]C(C)(C)N. The van der Waals surface area contributed by atoms with Crippen LogP contribution in [0.3, 0.4) is 0 Å². The number of hydrogen-bond acceptors (Lipinski definition) is 5. The fourth-order valence-electron chi connectivity index (χ4n) is 4.52. The predicted molar refractivity (Wildman–Crippen MR) is 150 cm³/mol. The van der Waals surface area contributed by atoms with Gasteiger partial charge >= 0.3 is 0 Å². The molecule has 186 valence electrons. The van der Waals surface area contributed by atoms with Gasteiger partial charge in [-0.05, 0) is 71.9 Å². The summed E-state index contributed by atoms with van der Waals surface area (Å²) in [5.74, 6) is 0. The van der Waals surface area contributed by atoms with Crippen molar-refractivity contribution in [1.29, 1.82) is 0 Å². The standard InChI is InChI=1S/C23H57N5Si3/c1-16-31(15,28-22(10,11)24)21(8,9)20(6,7)27-30(14)19(4,5)17-18(2,3)26-29-23(12,13)25/h16,26-28,30H,1,17,24-25,29H2,2-15H3. The van der Waals surface area contributed by atoms with E-state index in [0.29, 0.717) is 0 Å². The van der Waals surface area contributed by atoms with Crippen LogP contribution in [0.2, 0.25) is 23.2 Å². The van der Waals surface area contributed by atoms with Gasteiger partial charge in [0.1, 0.15) is 18.6 Å². The highest BCUT2D eigenvalue weighted by Crippen LogP contribution is 2.48. The summed E-state index contributed by atoms with van der Waals surface area (Å²) in [5.41, 5.74) is 14.4. The molecule has 0 amide bonds. The minimum absolute atomic E-state index is 0.0000149. The molecule has 0 radical (unpaired) electrons. The van der Waals surface area contributed by atoms with Gasteiger partial charge in [-0.15, -0.1) is 6.58 Å². The van der Waals surface area contributed by atoms with Crippen LogP contribution in [0, 0.1) is 0 Å².